The Hall–Kier alpha value is -1.12. The minimum Gasteiger partial charge on any atom is -0.389 e. The third-order valence-corrected chi connectivity index (χ3v) is 4.82. The highest BCUT2D eigenvalue weighted by Crippen LogP contribution is 2.29. The summed E-state index contributed by atoms with van der Waals surface area (Å²) in [6, 6.07) is 3.20. The molecule has 0 aromatic heterocycles. The van der Waals surface area contributed by atoms with E-state index in [0.29, 0.717) is 25.0 Å². The van der Waals surface area contributed by atoms with E-state index in [1.54, 1.807) is 13.8 Å². The van der Waals surface area contributed by atoms with Crippen LogP contribution in [0.2, 0.25) is 0 Å². The molecule has 0 spiro atoms. The summed E-state index contributed by atoms with van der Waals surface area (Å²) in [7, 11) is -3.95. The van der Waals surface area contributed by atoms with E-state index in [1.807, 2.05) is 0 Å². The molecule has 8 heteroatoms. The number of rotatable bonds is 6. The first-order valence-corrected chi connectivity index (χ1v) is 7.92. The van der Waals surface area contributed by atoms with Gasteiger partial charge < -0.3 is 5.11 Å². The fourth-order valence-corrected chi connectivity index (χ4v) is 2.76. The van der Waals surface area contributed by atoms with Crippen molar-refractivity contribution in [1.82, 2.24) is 4.72 Å². The predicted octanol–water partition coefficient (Wildman–Crippen LogP) is 2.53. The third kappa shape index (κ3) is 4.69. The summed E-state index contributed by atoms with van der Waals surface area (Å²) < 4.78 is 63.4. The van der Waals surface area contributed by atoms with Crippen molar-refractivity contribution in [3.63, 3.8) is 0 Å². The fourth-order valence-electron chi connectivity index (χ4n) is 1.64. The van der Waals surface area contributed by atoms with Crippen LogP contribution in [0.4, 0.5) is 13.2 Å². The molecule has 0 bridgehead atoms. The zero-order valence-corrected chi connectivity index (χ0v) is 12.6. The zero-order valence-electron chi connectivity index (χ0n) is 11.7. The molecule has 0 heterocycles. The van der Waals surface area contributed by atoms with Crippen LogP contribution in [0.3, 0.4) is 0 Å². The number of nitrogens with one attached hydrogen (secondary N) is 1. The Morgan fingerprint density at radius 3 is 1.95 bits per heavy atom. The second-order valence-electron chi connectivity index (χ2n) is 4.78. The molecule has 0 aliphatic rings. The standard InChI is InChI=1S/C13H18F3NO3S/c1-3-12(18,4-2)9-17-21(19,20)11-7-5-10(6-8-11)13(14,15)16/h5-8,17-18H,3-4,9H2,1-2H3. The van der Waals surface area contributed by atoms with E-state index >= 15 is 0 Å². The second kappa shape index (κ2) is 6.33. The van der Waals surface area contributed by atoms with Crippen molar-refractivity contribution < 1.29 is 26.7 Å². The lowest BCUT2D eigenvalue weighted by Crippen LogP contribution is -2.41. The number of alkyl halides is 3. The Morgan fingerprint density at radius 1 is 1.10 bits per heavy atom. The average molecular weight is 325 g/mol. The van der Waals surface area contributed by atoms with Crippen LogP contribution in [-0.4, -0.2) is 25.7 Å². The lowest BCUT2D eigenvalue weighted by Gasteiger charge is -2.25. The molecule has 0 unspecified atom stereocenters. The van der Waals surface area contributed by atoms with Gasteiger partial charge in [0.2, 0.25) is 10.0 Å². The smallest absolute Gasteiger partial charge is 0.389 e. The van der Waals surface area contributed by atoms with Gasteiger partial charge in [0.25, 0.3) is 0 Å². The first-order valence-electron chi connectivity index (χ1n) is 6.43. The van der Waals surface area contributed by atoms with Crippen molar-refractivity contribution in [1.29, 1.82) is 0 Å². The van der Waals surface area contributed by atoms with Gasteiger partial charge in [0.15, 0.2) is 0 Å². The van der Waals surface area contributed by atoms with Crippen LogP contribution in [0.15, 0.2) is 29.2 Å². The highest BCUT2D eigenvalue weighted by Gasteiger charge is 2.31. The van der Waals surface area contributed by atoms with E-state index < -0.39 is 27.4 Å². The second-order valence-corrected chi connectivity index (χ2v) is 6.55. The van der Waals surface area contributed by atoms with Crippen LogP contribution in [0, 0.1) is 0 Å². The van der Waals surface area contributed by atoms with Gasteiger partial charge >= 0.3 is 6.18 Å². The van der Waals surface area contributed by atoms with E-state index in [0.717, 1.165) is 12.1 Å². The summed E-state index contributed by atoms with van der Waals surface area (Å²) in [6.45, 7) is 3.25. The number of hydrogen-bond acceptors (Lipinski definition) is 3. The Bertz CT molecular complexity index is 563. The minimum atomic E-state index is -4.51. The van der Waals surface area contributed by atoms with Crippen LogP contribution in [0.1, 0.15) is 32.3 Å². The molecule has 0 fully saturated rings. The molecule has 120 valence electrons. The topological polar surface area (TPSA) is 66.4 Å². The Labute approximate surface area is 122 Å². The lowest BCUT2D eigenvalue weighted by molar-refractivity contribution is -0.137. The first kappa shape index (κ1) is 17.9. The van der Waals surface area contributed by atoms with Crippen LogP contribution in [-0.2, 0) is 16.2 Å². The molecule has 0 saturated heterocycles. The van der Waals surface area contributed by atoms with E-state index in [2.05, 4.69) is 4.72 Å². The summed E-state index contributed by atoms with van der Waals surface area (Å²) in [4.78, 5) is -0.273. The van der Waals surface area contributed by atoms with Crippen LogP contribution in [0.5, 0.6) is 0 Å². The molecular formula is C13H18F3NO3S. The van der Waals surface area contributed by atoms with E-state index in [9.17, 15) is 26.7 Å². The average Bonchev–Trinajstić information content (AvgIpc) is 2.44. The maximum atomic E-state index is 12.4. The number of sulfonamides is 1. The van der Waals surface area contributed by atoms with Crippen LogP contribution in [0.25, 0.3) is 0 Å². The normalized spacial score (nSPS) is 13.4. The third-order valence-electron chi connectivity index (χ3n) is 3.40. The molecular weight excluding hydrogens is 307 g/mol. The van der Waals surface area contributed by atoms with Crippen LogP contribution >= 0.6 is 0 Å². The number of aliphatic hydroxyl groups is 1. The quantitative estimate of drug-likeness (QED) is 0.845. The molecule has 0 amide bonds. The molecule has 0 radical (unpaired) electrons. The molecule has 1 aromatic rings. The molecule has 0 saturated carbocycles. The molecule has 2 N–H and O–H groups in total. The van der Waals surface area contributed by atoms with Crippen molar-refractivity contribution in [2.75, 3.05) is 6.54 Å². The van der Waals surface area contributed by atoms with Crippen molar-refractivity contribution in [2.24, 2.45) is 0 Å². The lowest BCUT2D eigenvalue weighted by atomic mass is 9.98. The van der Waals surface area contributed by atoms with Gasteiger partial charge in [-0.15, -0.1) is 0 Å². The summed E-state index contributed by atoms with van der Waals surface area (Å²) in [5, 5.41) is 10.0. The summed E-state index contributed by atoms with van der Waals surface area (Å²) >= 11 is 0. The fraction of sp³-hybridized carbons (Fsp3) is 0.538. The van der Waals surface area contributed by atoms with Crippen molar-refractivity contribution in [3.05, 3.63) is 29.8 Å². The monoisotopic (exact) mass is 325 g/mol. The number of benzene rings is 1. The Morgan fingerprint density at radius 2 is 1.57 bits per heavy atom. The maximum absolute atomic E-state index is 12.4. The number of hydrogen-bond donors (Lipinski definition) is 2. The maximum Gasteiger partial charge on any atom is 0.416 e. The van der Waals surface area contributed by atoms with Crippen molar-refractivity contribution in [3.8, 4) is 0 Å². The Balaban J connectivity index is 2.89. The van der Waals surface area contributed by atoms with E-state index in [4.69, 9.17) is 0 Å². The Kier molecular flexibility index (Phi) is 5.40. The highest BCUT2D eigenvalue weighted by atomic mass is 32.2. The van der Waals surface area contributed by atoms with Gasteiger partial charge in [-0.25, -0.2) is 13.1 Å². The predicted molar refractivity (Wildman–Crippen MR) is 72.2 cm³/mol. The number of halogens is 3. The first-order chi connectivity index (χ1) is 9.54. The summed E-state index contributed by atoms with van der Waals surface area (Å²) in [5.74, 6) is 0. The van der Waals surface area contributed by atoms with E-state index in [1.165, 1.54) is 0 Å². The van der Waals surface area contributed by atoms with Crippen molar-refractivity contribution >= 4 is 10.0 Å². The van der Waals surface area contributed by atoms with Gasteiger partial charge in [-0.2, -0.15) is 13.2 Å². The van der Waals surface area contributed by atoms with Gasteiger partial charge in [-0.05, 0) is 37.1 Å². The summed E-state index contributed by atoms with van der Waals surface area (Å²) in [6.07, 6.45) is -3.79. The molecule has 1 rings (SSSR count). The highest BCUT2D eigenvalue weighted by molar-refractivity contribution is 7.89. The van der Waals surface area contributed by atoms with Gasteiger partial charge in [-0.1, -0.05) is 13.8 Å². The molecule has 4 nitrogen and oxygen atoms in total. The molecule has 0 aliphatic heterocycles. The van der Waals surface area contributed by atoms with E-state index in [-0.39, 0.29) is 11.4 Å². The van der Waals surface area contributed by atoms with Gasteiger partial charge in [0.1, 0.15) is 0 Å². The van der Waals surface area contributed by atoms with Crippen LogP contribution < -0.4 is 4.72 Å². The largest absolute Gasteiger partial charge is 0.416 e. The van der Waals surface area contributed by atoms with Gasteiger partial charge in [0.05, 0.1) is 16.1 Å². The molecule has 21 heavy (non-hydrogen) atoms. The molecule has 0 atom stereocenters. The van der Waals surface area contributed by atoms with Gasteiger partial charge in [0, 0.05) is 6.54 Å². The van der Waals surface area contributed by atoms with Gasteiger partial charge in [-0.3, -0.25) is 0 Å². The zero-order chi connectivity index (χ0) is 16.3. The van der Waals surface area contributed by atoms with Crippen molar-refractivity contribution in [2.45, 2.75) is 43.4 Å². The minimum absolute atomic E-state index is 0.191. The summed E-state index contributed by atoms with van der Waals surface area (Å²) in [5.41, 5.74) is -2.08. The molecule has 1 aromatic carbocycles. The molecule has 0 aliphatic carbocycles. The SMILES string of the molecule is CCC(O)(CC)CNS(=O)(=O)c1ccc(C(F)(F)F)cc1.